The maximum absolute atomic E-state index is 12.7. The quantitative estimate of drug-likeness (QED) is 0.605. The van der Waals surface area contributed by atoms with E-state index in [2.05, 4.69) is 0 Å². The molecule has 1 aromatic rings. The van der Waals surface area contributed by atoms with Gasteiger partial charge in [0.25, 0.3) is 0 Å². The van der Waals surface area contributed by atoms with Crippen LogP contribution in [0.5, 0.6) is 0 Å². The predicted octanol–water partition coefficient (Wildman–Crippen LogP) is 3.31. The lowest BCUT2D eigenvalue weighted by Crippen LogP contribution is -2.16. The molecular formula is C11H7ClF3NO. The first-order valence-corrected chi connectivity index (χ1v) is 5.05. The van der Waals surface area contributed by atoms with Crippen molar-refractivity contribution in [1.82, 2.24) is 0 Å². The molecule has 0 spiro atoms. The van der Waals surface area contributed by atoms with E-state index in [1.807, 2.05) is 0 Å². The number of hydrogen-bond acceptors (Lipinski definition) is 2. The third-order valence-electron chi connectivity index (χ3n) is 2.11. The number of carbonyl (C=O) groups is 1. The fraction of sp³-hybridized carbons (Fsp3) is 0.273. The number of alkyl halides is 4. The number of Topliss-reactive ketones (excluding diaryl/α,β-unsaturated/α-hetero) is 1. The van der Waals surface area contributed by atoms with Gasteiger partial charge in [0.2, 0.25) is 0 Å². The second kappa shape index (κ2) is 4.76. The highest BCUT2D eigenvalue weighted by Gasteiger charge is 2.36. The van der Waals surface area contributed by atoms with Crippen molar-refractivity contribution in [1.29, 1.82) is 5.26 Å². The molecular weight excluding hydrogens is 255 g/mol. The fourth-order valence-corrected chi connectivity index (χ4v) is 1.60. The summed E-state index contributed by atoms with van der Waals surface area (Å²) >= 11 is 5.25. The molecule has 1 aromatic carbocycles. The van der Waals surface area contributed by atoms with Crippen LogP contribution in [0.4, 0.5) is 13.2 Å². The Morgan fingerprint density at radius 1 is 1.47 bits per heavy atom. The third kappa shape index (κ3) is 2.77. The van der Waals surface area contributed by atoms with Crippen molar-refractivity contribution in [2.45, 2.75) is 13.1 Å². The van der Waals surface area contributed by atoms with Gasteiger partial charge >= 0.3 is 6.18 Å². The van der Waals surface area contributed by atoms with E-state index in [1.165, 1.54) is 13.0 Å². The molecule has 0 N–H and O–H groups in total. The second-order valence-electron chi connectivity index (χ2n) is 3.40. The van der Waals surface area contributed by atoms with Gasteiger partial charge in [0, 0.05) is 5.56 Å². The molecule has 0 fully saturated rings. The third-order valence-corrected chi connectivity index (χ3v) is 2.35. The van der Waals surface area contributed by atoms with E-state index in [0.717, 1.165) is 6.07 Å². The maximum atomic E-state index is 12.7. The highest BCUT2D eigenvalue weighted by atomic mass is 35.5. The molecule has 0 unspecified atom stereocenters. The van der Waals surface area contributed by atoms with Crippen LogP contribution in [-0.4, -0.2) is 11.7 Å². The van der Waals surface area contributed by atoms with Crippen molar-refractivity contribution in [2.75, 3.05) is 5.88 Å². The van der Waals surface area contributed by atoms with Gasteiger partial charge < -0.3 is 0 Å². The van der Waals surface area contributed by atoms with Crippen LogP contribution in [0.3, 0.4) is 0 Å². The van der Waals surface area contributed by atoms with E-state index in [0.29, 0.717) is 0 Å². The Morgan fingerprint density at radius 3 is 2.47 bits per heavy atom. The van der Waals surface area contributed by atoms with Gasteiger partial charge in [0.1, 0.15) is 0 Å². The SMILES string of the molecule is Cc1cc(C#N)c(C(=O)CCl)c(C(F)(F)F)c1. The van der Waals surface area contributed by atoms with Gasteiger partial charge in [0.15, 0.2) is 5.78 Å². The van der Waals surface area contributed by atoms with Crippen molar-refractivity contribution < 1.29 is 18.0 Å². The summed E-state index contributed by atoms with van der Waals surface area (Å²) in [6.45, 7) is 1.42. The lowest BCUT2D eigenvalue weighted by atomic mass is 9.95. The van der Waals surface area contributed by atoms with Crippen molar-refractivity contribution in [3.8, 4) is 6.07 Å². The normalized spacial score (nSPS) is 11.1. The summed E-state index contributed by atoms with van der Waals surface area (Å²) in [5.74, 6) is -1.50. The highest BCUT2D eigenvalue weighted by Crippen LogP contribution is 2.34. The van der Waals surface area contributed by atoms with Gasteiger partial charge in [-0.15, -0.1) is 11.6 Å². The zero-order valence-corrected chi connectivity index (χ0v) is 9.49. The Bertz CT molecular complexity index is 503. The molecule has 0 amide bonds. The van der Waals surface area contributed by atoms with E-state index < -0.39 is 29.0 Å². The van der Waals surface area contributed by atoms with Gasteiger partial charge in [-0.05, 0) is 24.6 Å². The summed E-state index contributed by atoms with van der Waals surface area (Å²) in [5.41, 5.74) is -1.80. The molecule has 0 radical (unpaired) electrons. The lowest BCUT2D eigenvalue weighted by molar-refractivity contribution is -0.138. The molecule has 0 heterocycles. The minimum absolute atomic E-state index is 0.264. The summed E-state index contributed by atoms with van der Waals surface area (Å²) in [7, 11) is 0. The molecule has 0 aliphatic rings. The van der Waals surface area contributed by atoms with Crippen LogP contribution in [0.2, 0.25) is 0 Å². The van der Waals surface area contributed by atoms with Crippen LogP contribution >= 0.6 is 11.6 Å². The molecule has 0 atom stereocenters. The molecule has 6 heteroatoms. The van der Waals surface area contributed by atoms with Crippen LogP contribution in [0.25, 0.3) is 0 Å². The molecule has 0 saturated carbocycles. The molecule has 0 bridgehead atoms. The monoisotopic (exact) mass is 261 g/mol. The number of nitrogens with zero attached hydrogens (tertiary/aromatic N) is 1. The van der Waals surface area contributed by atoms with E-state index in [4.69, 9.17) is 16.9 Å². The standard InChI is InChI=1S/C11H7ClF3NO/c1-6-2-7(5-16)10(9(17)4-12)8(3-6)11(13,14)15/h2-3H,4H2,1H3. The Kier molecular flexibility index (Phi) is 3.79. The predicted molar refractivity (Wildman–Crippen MR) is 55.9 cm³/mol. The molecule has 2 nitrogen and oxygen atoms in total. The number of aryl methyl sites for hydroxylation is 1. The number of hydrogen-bond donors (Lipinski definition) is 0. The second-order valence-corrected chi connectivity index (χ2v) is 3.67. The van der Waals surface area contributed by atoms with Crippen LogP contribution in [-0.2, 0) is 6.18 Å². The Balaban J connectivity index is 3.63. The van der Waals surface area contributed by atoms with Gasteiger partial charge in [0.05, 0.1) is 23.1 Å². The van der Waals surface area contributed by atoms with Crippen molar-refractivity contribution in [3.63, 3.8) is 0 Å². The zero-order valence-electron chi connectivity index (χ0n) is 8.73. The highest BCUT2D eigenvalue weighted by molar-refractivity contribution is 6.31. The largest absolute Gasteiger partial charge is 0.417 e. The summed E-state index contributed by atoms with van der Waals surface area (Å²) in [4.78, 5) is 11.4. The molecule has 0 saturated heterocycles. The topological polar surface area (TPSA) is 40.9 Å². The fourth-order valence-electron chi connectivity index (χ4n) is 1.47. The summed E-state index contributed by atoms with van der Waals surface area (Å²) in [6.07, 6.45) is -4.69. The number of halogens is 4. The lowest BCUT2D eigenvalue weighted by Gasteiger charge is -2.13. The molecule has 0 aromatic heterocycles. The van der Waals surface area contributed by atoms with Gasteiger partial charge in [-0.1, -0.05) is 0 Å². The number of rotatable bonds is 2. The summed E-state index contributed by atoms with van der Waals surface area (Å²) in [6, 6.07) is 3.65. The van der Waals surface area contributed by atoms with E-state index in [9.17, 15) is 18.0 Å². The first-order chi connectivity index (χ1) is 7.81. The van der Waals surface area contributed by atoms with Crippen LogP contribution in [0, 0.1) is 18.3 Å². The Hall–Kier alpha value is -1.54. The van der Waals surface area contributed by atoms with Crippen molar-refractivity contribution >= 4 is 17.4 Å². The average molecular weight is 262 g/mol. The smallest absolute Gasteiger partial charge is 0.293 e. The minimum atomic E-state index is -4.69. The van der Waals surface area contributed by atoms with E-state index >= 15 is 0 Å². The Labute approximate surface area is 101 Å². The summed E-state index contributed by atoms with van der Waals surface area (Å²) in [5, 5.41) is 8.76. The van der Waals surface area contributed by atoms with Crippen LogP contribution in [0.15, 0.2) is 12.1 Å². The zero-order chi connectivity index (χ0) is 13.2. The minimum Gasteiger partial charge on any atom is -0.293 e. The van der Waals surface area contributed by atoms with Gasteiger partial charge in [-0.25, -0.2) is 0 Å². The number of carbonyl (C=O) groups excluding carboxylic acids is 1. The Morgan fingerprint density at radius 2 is 2.06 bits per heavy atom. The molecule has 0 aliphatic carbocycles. The van der Waals surface area contributed by atoms with Crippen molar-refractivity contribution in [3.05, 3.63) is 34.4 Å². The molecule has 1 rings (SSSR count). The molecule has 90 valence electrons. The first-order valence-electron chi connectivity index (χ1n) is 4.52. The van der Waals surface area contributed by atoms with Crippen LogP contribution < -0.4 is 0 Å². The van der Waals surface area contributed by atoms with Crippen LogP contribution in [0.1, 0.15) is 27.0 Å². The summed E-state index contributed by atoms with van der Waals surface area (Å²) < 4.78 is 38.2. The van der Waals surface area contributed by atoms with Crippen molar-refractivity contribution in [2.24, 2.45) is 0 Å². The number of benzene rings is 1. The number of nitriles is 1. The molecule has 17 heavy (non-hydrogen) atoms. The molecule has 0 aliphatic heterocycles. The number of ketones is 1. The van der Waals surface area contributed by atoms with E-state index in [-0.39, 0.29) is 11.1 Å². The first kappa shape index (κ1) is 13.5. The maximum Gasteiger partial charge on any atom is 0.417 e. The van der Waals surface area contributed by atoms with Gasteiger partial charge in [-0.3, -0.25) is 4.79 Å². The average Bonchev–Trinajstić information content (AvgIpc) is 2.25. The van der Waals surface area contributed by atoms with E-state index in [1.54, 1.807) is 6.07 Å². The van der Waals surface area contributed by atoms with Gasteiger partial charge in [-0.2, -0.15) is 18.4 Å².